The lowest BCUT2D eigenvalue weighted by Crippen LogP contribution is -2.49. The van der Waals surface area contributed by atoms with Gasteiger partial charge >= 0.3 is 0 Å². The highest BCUT2D eigenvalue weighted by Crippen LogP contribution is 2.27. The Morgan fingerprint density at radius 3 is 2.32 bits per heavy atom. The van der Waals surface area contributed by atoms with Crippen molar-refractivity contribution in [1.29, 1.82) is 0 Å². The minimum absolute atomic E-state index is 0.00261. The molecule has 19 heavy (non-hydrogen) atoms. The van der Waals surface area contributed by atoms with E-state index in [-0.39, 0.29) is 11.7 Å². The molecule has 112 valence electrons. The Bertz CT molecular complexity index is 297. The maximum Gasteiger partial charge on any atom is 0.233 e. The van der Waals surface area contributed by atoms with E-state index in [0.29, 0.717) is 25.3 Å². The molecular formula is C14H29N3O2. The number of nitrogens with zero attached hydrogens (tertiary/aromatic N) is 1. The van der Waals surface area contributed by atoms with Crippen molar-refractivity contribution in [2.45, 2.75) is 59.8 Å². The summed E-state index contributed by atoms with van der Waals surface area (Å²) < 4.78 is 0. The van der Waals surface area contributed by atoms with Gasteiger partial charge in [0.15, 0.2) is 5.84 Å². The minimum atomic E-state index is -0.882. The van der Waals surface area contributed by atoms with Gasteiger partial charge in [-0.2, -0.15) is 0 Å². The molecule has 0 saturated carbocycles. The average molecular weight is 271 g/mol. The number of amides is 1. The molecule has 0 heterocycles. The van der Waals surface area contributed by atoms with Crippen LogP contribution in [-0.2, 0) is 4.79 Å². The van der Waals surface area contributed by atoms with Crippen LogP contribution in [-0.4, -0.2) is 23.5 Å². The van der Waals surface area contributed by atoms with E-state index in [2.05, 4.69) is 24.3 Å². The van der Waals surface area contributed by atoms with Gasteiger partial charge in [0.05, 0.1) is 0 Å². The molecule has 0 radical (unpaired) electrons. The summed E-state index contributed by atoms with van der Waals surface area (Å²) >= 11 is 0. The molecule has 5 nitrogen and oxygen atoms in total. The molecule has 0 rings (SSSR count). The molecular weight excluding hydrogens is 242 g/mol. The molecule has 5 heteroatoms. The molecule has 0 spiro atoms. The first-order chi connectivity index (χ1) is 8.94. The van der Waals surface area contributed by atoms with Crippen LogP contribution in [0.3, 0.4) is 0 Å². The van der Waals surface area contributed by atoms with E-state index in [1.54, 1.807) is 0 Å². The normalized spacial score (nSPS) is 12.8. The maximum atomic E-state index is 12.2. The summed E-state index contributed by atoms with van der Waals surface area (Å²) in [6.45, 7) is 8.78. The van der Waals surface area contributed by atoms with Gasteiger partial charge in [0.2, 0.25) is 5.91 Å². The molecule has 0 saturated heterocycles. The maximum absolute atomic E-state index is 12.2. The van der Waals surface area contributed by atoms with Crippen molar-refractivity contribution >= 4 is 11.7 Å². The SMILES string of the molecule is CCC(CC)(C(=O)NCCCCC(C)C)C(N)=NO. The topological polar surface area (TPSA) is 87.7 Å². The number of carbonyl (C=O) groups excluding carboxylic acids is 1. The fourth-order valence-corrected chi connectivity index (χ4v) is 2.19. The van der Waals surface area contributed by atoms with Crippen LogP contribution < -0.4 is 11.1 Å². The summed E-state index contributed by atoms with van der Waals surface area (Å²) in [4.78, 5) is 12.2. The number of hydrogen-bond acceptors (Lipinski definition) is 3. The van der Waals surface area contributed by atoms with Crippen LogP contribution in [0.1, 0.15) is 59.8 Å². The third kappa shape index (κ3) is 5.09. The third-order valence-corrected chi connectivity index (χ3v) is 3.73. The zero-order valence-electron chi connectivity index (χ0n) is 12.7. The van der Waals surface area contributed by atoms with E-state index in [0.717, 1.165) is 12.8 Å². The second kappa shape index (κ2) is 8.77. The molecule has 1 amide bonds. The number of nitrogens with two attached hydrogens (primary N) is 1. The molecule has 0 fully saturated rings. The summed E-state index contributed by atoms with van der Waals surface area (Å²) in [6, 6.07) is 0. The zero-order chi connectivity index (χ0) is 14.9. The molecule has 4 N–H and O–H groups in total. The largest absolute Gasteiger partial charge is 0.409 e. The van der Waals surface area contributed by atoms with Crippen LogP contribution in [0.5, 0.6) is 0 Å². The van der Waals surface area contributed by atoms with Gasteiger partial charge < -0.3 is 16.3 Å². The van der Waals surface area contributed by atoms with E-state index in [4.69, 9.17) is 10.9 Å². The van der Waals surface area contributed by atoms with E-state index in [1.807, 2.05) is 13.8 Å². The van der Waals surface area contributed by atoms with Gasteiger partial charge in [0.25, 0.3) is 0 Å². The number of rotatable bonds is 9. The highest BCUT2D eigenvalue weighted by molar-refractivity contribution is 6.06. The van der Waals surface area contributed by atoms with Gasteiger partial charge in [0, 0.05) is 6.54 Å². The summed E-state index contributed by atoms with van der Waals surface area (Å²) in [5.41, 5.74) is 4.80. The summed E-state index contributed by atoms with van der Waals surface area (Å²) in [7, 11) is 0. The van der Waals surface area contributed by atoms with E-state index >= 15 is 0 Å². The molecule has 0 bridgehead atoms. The van der Waals surface area contributed by atoms with Crippen molar-refractivity contribution in [3.05, 3.63) is 0 Å². The molecule has 0 aliphatic heterocycles. The first kappa shape index (κ1) is 17.7. The van der Waals surface area contributed by atoms with Crippen LogP contribution in [0, 0.1) is 11.3 Å². The summed E-state index contributed by atoms with van der Waals surface area (Å²) in [5, 5.41) is 14.8. The van der Waals surface area contributed by atoms with Crippen LogP contribution in [0.2, 0.25) is 0 Å². The van der Waals surface area contributed by atoms with Crippen molar-refractivity contribution in [2.24, 2.45) is 22.2 Å². The average Bonchev–Trinajstić information content (AvgIpc) is 2.39. The predicted octanol–water partition coefficient (Wildman–Crippen LogP) is 2.48. The summed E-state index contributed by atoms with van der Waals surface area (Å²) in [5.74, 6) is 0.549. The number of carbonyl (C=O) groups is 1. The van der Waals surface area contributed by atoms with Crippen molar-refractivity contribution < 1.29 is 10.0 Å². The highest BCUT2D eigenvalue weighted by atomic mass is 16.4. The van der Waals surface area contributed by atoms with Gasteiger partial charge in [-0.1, -0.05) is 45.7 Å². The molecule has 0 unspecified atom stereocenters. The standard InChI is InChI=1S/C14H29N3O2/c1-5-14(6-2,12(15)17-19)13(18)16-10-8-7-9-11(3)4/h11,19H,5-10H2,1-4H3,(H2,15,17)(H,16,18). The molecule has 0 aromatic rings. The van der Waals surface area contributed by atoms with E-state index < -0.39 is 5.41 Å². The number of amidine groups is 1. The van der Waals surface area contributed by atoms with Gasteiger partial charge in [-0.3, -0.25) is 4.79 Å². The highest BCUT2D eigenvalue weighted by Gasteiger charge is 2.39. The zero-order valence-corrected chi connectivity index (χ0v) is 12.7. The minimum Gasteiger partial charge on any atom is -0.409 e. The fourth-order valence-electron chi connectivity index (χ4n) is 2.19. The molecule has 0 aliphatic carbocycles. The number of hydrogen-bond donors (Lipinski definition) is 3. The second-order valence-electron chi connectivity index (χ2n) is 5.42. The monoisotopic (exact) mass is 271 g/mol. The van der Waals surface area contributed by atoms with Gasteiger partial charge in [0.1, 0.15) is 5.41 Å². The van der Waals surface area contributed by atoms with Crippen LogP contribution in [0.25, 0.3) is 0 Å². The molecule has 0 aromatic heterocycles. The first-order valence-electron chi connectivity index (χ1n) is 7.20. The van der Waals surface area contributed by atoms with Crippen molar-refractivity contribution in [2.75, 3.05) is 6.54 Å². The Kier molecular flexibility index (Phi) is 8.19. The van der Waals surface area contributed by atoms with Crippen LogP contribution >= 0.6 is 0 Å². The van der Waals surface area contributed by atoms with Gasteiger partial charge in [-0.15, -0.1) is 0 Å². The van der Waals surface area contributed by atoms with Crippen molar-refractivity contribution in [3.8, 4) is 0 Å². The molecule has 0 aromatic carbocycles. The quantitative estimate of drug-likeness (QED) is 0.198. The number of nitrogens with one attached hydrogen (secondary N) is 1. The predicted molar refractivity (Wildman–Crippen MR) is 78.1 cm³/mol. The van der Waals surface area contributed by atoms with E-state index in [1.165, 1.54) is 6.42 Å². The lowest BCUT2D eigenvalue weighted by Gasteiger charge is -2.28. The molecule has 0 aliphatic rings. The third-order valence-electron chi connectivity index (χ3n) is 3.73. The summed E-state index contributed by atoms with van der Waals surface area (Å²) in [6.07, 6.45) is 4.29. The number of oxime groups is 1. The van der Waals surface area contributed by atoms with Gasteiger partial charge in [-0.25, -0.2) is 0 Å². The van der Waals surface area contributed by atoms with Gasteiger partial charge in [-0.05, 0) is 25.2 Å². The Balaban J connectivity index is 4.36. The van der Waals surface area contributed by atoms with Crippen molar-refractivity contribution in [1.82, 2.24) is 5.32 Å². The molecule has 0 atom stereocenters. The number of unbranched alkanes of at least 4 members (excludes halogenated alkanes) is 1. The van der Waals surface area contributed by atoms with E-state index in [9.17, 15) is 4.79 Å². The first-order valence-corrected chi connectivity index (χ1v) is 7.20. The Morgan fingerprint density at radius 2 is 1.89 bits per heavy atom. The fraction of sp³-hybridized carbons (Fsp3) is 0.857. The Morgan fingerprint density at radius 1 is 1.32 bits per heavy atom. The Labute approximate surface area is 116 Å². The van der Waals surface area contributed by atoms with Crippen LogP contribution in [0.15, 0.2) is 5.16 Å². The lowest BCUT2D eigenvalue weighted by atomic mass is 9.80. The smallest absolute Gasteiger partial charge is 0.233 e. The van der Waals surface area contributed by atoms with Crippen LogP contribution in [0.4, 0.5) is 0 Å². The van der Waals surface area contributed by atoms with Crippen molar-refractivity contribution in [3.63, 3.8) is 0 Å². The lowest BCUT2D eigenvalue weighted by molar-refractivity contribution is -0.128. The second-order valence-corrected chi connectivity index (χ2v) is 5.42. The Hall–Kier alpha value is -1.26.